The summed E-state index contributed by atoms with van der Waals surface area (Å²) in [6, 6.07) is 7.96. The van der Waals surface area contributed by atoms with Gasteiger partial charge in [-0.1, -0.05) is 83.9 Å². The molecule has 344 valence electrons. The van der Waals surface area contributed by atoms with Gasteiger partial charge < -0.3 is 19.1 Å². The van der Waals surface area contributed by atoms with Crippen LogP contribution in [0.1, 0.15) is 113 Å². The van der Waals surface area contributed by atoms with Crippen molar-refractivity contribution in [2.45, 2.75) is 160 Å². The van der Waals surface area contributed by atoms with Crippen molar-refractivity contribution in [3.63, 3.8) is 0 Å². The maximum absolute atomic E-state index is 18.1. The Morgan fingerprint density at radius 3 is 2.45 bits per heavy atom. The van der Waals surface area contributed by atoms with Gasteiger partial charge >= 0.3 is 12.1 Å². The molecule has 6 aliphatic rings. The number of benzene rings is 2. The zero-order chi connectivity index (χ0) is 46.1. The SMILES string of the molecule is C=C1CN2CC3(CC3)CC2(COc2nc3c4c(nc(-c5cccc6ccc(F)c(C#C[Si](C(C)C)(C(C)C)C(C)C)c56)c(F)c4n2)O[C@@H](C)[C@@H]2[C@@H]4CC[C@H](CN32)N4C(=O)OC(C)(C)C)C1. The first kappa shape index (κ1) is 44.1. The molecule has 0 N–H and O–H groups in total. The molecule has 5 fully saturated rings. The third-order valence-electron chi connectivity index (χ3n) is 15.9. The highest BCUT2D eigenvalue weighted by Crippen LogP contribution is 2.61. The molecule has 13 heteroatoms. The van der Waals surface area contributed by atoms with Crippen molar-refractivity contribution in [1.29, 1.82) is 0 Å². The van der Waals surface area contributed by atoms with E-state index in [-0.39, 0.29) is 58.4 Å². The summed E-state index contributed by atoms with van der Waals surface area (Å²) in [5.74, 6) is 2.88. The molecule has 7 heterocycles. The first-order chi connectivity index (χ1) is 30.7. The summed E-state index contributed by atoms with van der Waals surface area (Å²) in [5.41, 5.74) is 5.95. The lowest BCUT2D eigenvalue weighted by Gasteiger charge is -2.48. The van der Waals surface area contributed by atoms with Crippen LogP contribution >= 0.6 is 0 Å². The van der Waals surface area contributed by atoms with E-state index in [1.807, 2.05) is 44.7 Å². The molecule has 10 nitrogen and oxygen atoms in total. The Kier molecular flexibility index (Phi) is 10.4. The van der Waals surface area contributed by atoms with Gasteiger partial charge in [-0.25, -0.2) is 18.6 Å². The predicted octanol–water partition coefficient (Wildman–Crippen LogP) is 11.0. The van der Waals surface area contributed by atoms with E-state index in [1.165, 1.54) is 24.5 Å². The molecule has 1 saturated carbocycles. The summed E-state index contributed by atoms with van der Waals surface area (Å²) >= 11 is 0. The number of fused-ring (bicyclic) bond motifs is 7. The van der Waals surface area contributed by atoms with Gasteiger partial charge in [0.05, 0.1) is 29.2 Å². The van der Waals surface area contributed by atoms with Crippen molar-refractivity contribution in [3.8, 4) is 34.6 Å². The van der Waals surface area contributed by atoms with E-state index in [2.05, 4.69) is 69.4 Å². The number of pyridine rings is 1. The summed E-state index contributed by atoms with van der Waals surface area (Å²) in [7, 11) is -2.29. The Morgan fingerprint density at radius 2 is 1.75 bits per heavy atom. The van der Waals surface area contributed by atoms with E-state index >= 15 is 8.78 Å². The van der Waals surface area contributed by atoms with Gasteiger partial charge in [-0.15, -0.1) is 5.54 Å². The zero-order valence-electron chi connectivity index (χ0n) is 39.8. The number of nitrogens with zero attached hydrogens (tertiary/aromatic N) is 6. The molecule has 2 bridgehead atoms. The largest absolute Gasteiger partial charge is 0.472 e. The van der Waals surface area contributed by atoms with Crippen LogP contribution in [-0.2, 0) is 4.74 Å². The summed E-state index contributed by atoms with van der Waals surface area (Å²) in [6.45, 7) is 28.0. The smallest absolute Gasteiger partial charge is 0.410 e. The van der Waals surface area contributed by atoms with Crippen LogP contribution in [0, 0.1) is 28.5 Å². The van der Waals surface area contributed by atoms with Gasteiger partial charge in [0.2, 0.25) is 5.88 Å². The molecular formula is C52H64F2N6O4Si. The minimum Gasteiger partial charge on any atom is -0.472 e. The van der Waals surface area contributed by atoms with Gasteiger partial charge in [0.25, 0.3) is 0 Å². The number of piperazine rings is 1. The normalized spacial score (nSPS) is 25.6. The van der Waals surface area contributed by atoms with Gasteiger partial charge in [0.1, 0.15) is 54.6 Å². The Hall–Kier alpha value is -4.80. The van der Waals surface area contributed by atoms with Gasteiger partial charge in [-0.2, -0.15) is 9.97 Å². The lowest BCUT2D eigenvalue weighted by Crippen LogP contribution is -2.65. The second kappa shape index (κ2) is 15.4. The average molecular weight is 903 g/mol. The second-order valence-electron chi connectivity index (χ2n) is 22.2. The second-order valence-corrected chi connectivity index (χ2v) is 27.8. The lowest BCUT2D eigenvalue weighted by molar-refractivity contribution is 0.000934. The summed E-state index contributed by atoms with van der Waals surface area (Å²) < 4.78 is 54.0. The lowest BCUT2D eigenvalue weighted by atomic mass is 9.88. The van der Waals surface area contributed by atoms with Crippen molar-refractivity contribution in [1.82, 2.24) is 24.8 Å². The highest BCUT2D eigenvalue weighted by atomic mass is 28.3. The molecular weight excluding hydrogens is 839 g/mol. The number of aromatic nitrogens is 3. The summed E-state index contributed by atoms with van der Waals surface area (Å²) in [6.07, 6.45) is 4.94. The molecule has 1 unspecified atom stereocenters. The Labute approximate surface area is 383 Å². The van der Waals surface area contributed by atoms with Crippen molar-refractivity contribution in [3.05, 3.63) is 59.7 Å². The van der Waals surface area contributed by atoms with E-state index in [1.54, 1.807) is 12.1 Å². The van der Waals surface area contributed by atoms with Crippen LogP contribution in [0.3, 0.4) is 0 Å². The number of halogens is 2. The number of ether oxygens (including phenoxy) is 3. The maximum Gasteiger partial charge on any atom is 0.410 e. The summed E-state index contributed by atoms with van der Waals surface area (Å²) in [5, 5.41) is 1.55. The number of rotatable bonds is 7. The zero-order valence-corrected chi connectivity index (χ0v) is 40.8. The van der Waals surface area contributed by atoms with Crippen LogP contribution in [0.15, 0.2) is 42.5 Å². The molecule has 1 amide bonds. The van der Waals surface area contributed by atoms with Gasteiger partial charge in [0, 0.05) is 30.6 Å². The average Bonchev–Trinajstić information content (AvgIpc) is 3.73. The molecule has 10 rings (SSSR count). The highest BCUT2D eigenvalue weighted by Gasteiger charge is 2.61. The molecule has 0 radical (unpaired) electrons. The summed E-state index contributed by atoms with van der Waals surface area (Å²) in [4.78, 5) is 35.6. The molecule has 2 aromatic carbocycles. The molecule has 65 heavy (non-hydrogen) atoms. The third-order valence-corrected chi connectivity index (χ3v) is 22.2. The Bertz CT molecular complexity index is 2680. The van der Waals surface area contributed by atoms with Gasteiger partial charge in [-0.05, 0) is 99.7 Å². The van der Waals surface area contributed by atoms with E-state index in [9.17, 15) is 4.79 Å². The van der Waals surface area contributed by atoms with Crippen molar-refractivity contribution in [2.24, 2.45) is 5.41 Å². The number of carbonyl (C=O) groups excluding carboxylic acids is 1. The molecule has 2 aromatic heterocycles. The Balaban J connectivity index is 1.15. The van der Waals surface area contributed by atoms with Crippen LogP contribution in [0.2, 0.25) is 16.6 Å². The third kappa shape index (κ3) is 7.10. The first-order valence-electron chi connectivity index (χ1n) is 23.9. The van der Waals surface area contributed by atoms with Crippen LogP contribution in [0.25, 0.3) is 32.9 Å². The fraction of sp³-hybridized carbons (Fsp3) is 0.577. The van der Waals surface area contributed by atoms with E-state index < -0.39 is 31.4 Å². The maximum atomic E-state index is 18.1. The van der Waals surface area contributed by atoms with Crippen molar-refractivity contribution < 1.29 is 27.8 Å². The molecule has 1 spiro atoms. The number of carbonyl (C=O) groups is 1. The number of hydrogen-bond donors (Lipinski definition) is 0. The molecule has 4 aromatic rings. The number of hydrogen-bond acceptors (Lipinski definition) is 9. The van der Waals surface area contributed by atoms with Crippen LogP contribution in [0.4, 0.5) is 19.4 Å². The fourth-order valence-corrected chi connectivity index (χ4v) is 18.3. The van der Waals surface area contributed by atoms with Crippen molar-refractivity contribution >= 4 is 41.7 Å². The molecule has 5 aliphatic heterocycles. The van der Waals surface area contributed by atoms with Crippen LogP contribution in [-0.4, -0.2) is 101 Å². The fourth-order valence-electron chi connectivity index (χ4n) is 13.1. The Morgan fingerprint density at radius 1 is 1.02 bits per heavy atom. The monoisotopic (exact) mass is 902 g/mol. The van der Waals surface area contributed by atoms with E-state index in [4.69, 9.17) is 29.2 Å². The predicted molar refractivity (Wildman–Crippen MR) is 254 cm³/mol. The minimum absolute atomic E-state index is 0.0157. The quantitative estimate of drug-likeness (QED) is 0.102. The van der Waals surface area contributed by atoms with Gasteiger partial charge in [-0.3, -0.25) is 9.80 Å². The van der Waals surface area contributed by atoms with E-state index in [0.29, 0.717) is 57.3 Å². The van der Waals surface area contributed by atoms with Crippen molar-refractivity contribution in [2.75, 3.05) is 31.1 Å². The van der Waals surface area contributed by atoms with E-state index in [0.717, 1.165) is 44.2 Å². The number of anilines is 1. The standard InChI is InChI=1S/C52H64F2N6O4Si/c1-29(2)65(30(3)4,31(5)6)22-19-36-38(53)17-15-34-13-12-14-37(40(34)36)43-42(54)44-41-46(57-48(56-44)62-28-52-23-32(7)24-58(52)27-51(26-52)20-21-51)59-25-35-16-18-39(45(59)33(8)63-47(41)55-43)60(35)49(61)64-50(9,10)11/h12-15,17,29-31,33,35,39,45H,7,16,18,20-21,23-28H2,1-6,8-11H3/t33-,35+,39-,45+,52?/m0/s1. The highest BCUT2D eigenvalue weighted by molar-refractivity contribution is 6.90. The first-order valence-corrected chi connectivity index (χ1v) is 26.1. The molecule has 1 aliphatic carbocycles. The van der Waals surface area contributed by atoms with Gasteiger partial charge in [0.15, 0.2) is 5.82 Å². The minimum atomic E-state index is -2.29. The topological polar surface area (TPSA) is 93.2 Å². The molecule has 5 atom stereocenters. The number of amides is 1. The molecule has 4 saturated heterocycles. The van der Waals surface area contributed by atoms with Crippen LogP contribution < -0.4 is 14.4 Å². The van der Waals surface area contributed by atoms with Crippen LogP contribution in [0.5, 0.6) is 11.9 Å².